The third-order valence-corrected chi connectivity index (χ3v) is 5.30. The average Bonchev–Trinajstić information content (AvgIpc) is 3.38. The SMILES string of the molecule is O=C(NCC1CCCO1)c1ccc(-c2cc(-c3ccc(Cl)cc3Cl)[nH]n2)cc1. The Kier molecular flexibility index (Phi) is 5.67. The van der Waals surface area contributed by atoms with E-state index in [1.54, 1.807) is 24.3 Å². The second-order valence-electron chi connectivity index (χ2n) is 6.71. The smallest absolute Gasteiger partial charge is 0.251 e. The Morgan fingerprint density at radius 3 is 2.71 bits per heavy atom. The molecule has 0 radical (unpaired) electrons. The Morgan fingerprint density at radius 1 is 1.18 bits per heavy atom. The molecule has 4 rings (SSSR count). The molecule has 1 aliphatic rings. The number of nitrogens with zero attached hydrogens (tertiary/aromatic N) is 1. The lowest BCUT2D eigenvalue weighted by atomic mass is 10.1. The number of hydrogen-bond acceptors (Lipinski definition) is 3. The van der Waals surface area contributed by atoms with Crippen molar-refractivity contribution < 1.29 is 9.53 Å². The third kappa shape index (κ3) is 4.22. The van der Waals surface area contributed by atoms with Crippen LogP contribution in [-0.4, -0.2) is 35.4 Å². The summed E-state index contributed by atoms with van der Waals surface area (Å²) in [6.07, 6.45) is 2.19. The van der Waals surface area contributed by atoms with Crippen LogP contribution in [-0.2, 0) is 4.74 Å². The van der Waals surface area contributed by atoms with Gasteiger partial charge in [0.2, 0.25) is 0 Å². The van der Waals surface area contributed by atoms with Crippen molar-refractivity contribution in [2.24, 2.45) is 0 Å². The maximum Gasteiger partial charge on any atom is 0.251 e. The lowest BCUT2D eigenvalue weighted by molar-refractivity contribution is 0.0858. The molecule has 1 amide bonds. The molecule has 1 atom stereocenters. The predicted octanol–water partition coefficient (Wildman–Crippen LogP) is 4.96. The fourth-order valence-electron chi connectivity index (χ4n) is 3.22. The largest absolute Gasteiger partial charge is 0.376 e. The van der Waals surface area contributed by atoms with Crippen LogP contribution >= 0.6 is 23.2 Å². The van der Waals surface area contributed by atoms with Crippen LogP contribution in [0.3, 0.4) is 0 Å². The maximum atomic E-state index is 12.3. The minimum Gasteiger partial charge on any atom is -0.376 e. The topological polar surface area (TPSA) is 67.0 Å². The van der Waals surface area contributed by atoms with E-state index in [-0.39, 0.29) is 12.0 Å². The van der Waals surface area contributed by atoms with Crippen LogP contribution < -0.4 is 5.32 Å². The molecule has 7 heteroatoms. The van der Waals surface area contributed by atoms with Gasteiger partial charge in [0.1, 0.15) is 0 Å². The van der Waals surface area contributed by atoms with E-state index in [4.69, 9.17) is 27.9 Å². The van der Waals surface area contributed by atoms with Gasteiger partial charge in [-0.2, -0.15) is 5.10 Å². The molecule has 1 unspecified atom stereocenters. The first kappa shape index (κ1) is 19.0. The highest BCUT2D eigenvalue weighted by Crippen LogP contribution is 2.31. The average molecular weight is 416 g/mol. The Labute approximate surface area is 173 Å². The van der Waals surface area contributed by atoms with Crippen LogP contribution in [0.2, 0.25) is 10.0 Å². The third-order valence-electron chi connectivity index (χ3n) is 4.76. The number of carbonyl (C=O) groups is 1. The minimum absolute atomic E-state index is 0.0993. The number of carbonyl (C=O) groups excluding carboxylic acids is 1. The van der Waals surface area contributed by atoms with Gasteiger partial charge in [-0.15, -0.1) is 0 Å². The molecule has 5 nitrogen and oxygen atoms in total. The van der Waals surface area contributed by atoms with Gasteiger partial charge in [0.15, 0.2) is 0 Å². The number of rotatable bonds is 5. The zero-order chi connectivity index (χ0) is 19.5. The van der Waals surface area contributed by atoms with Crippen LogP contribution in [0.15, 0.2) is 48.5 Å². The number of amides is 1. The predicted molar refractivity (Wildman–Crippen MR) is 111 cm³/mol. The van der Waals surface area contributed by atoms with Gasteiger partial charge in [0, 0.05) is 34.9 Å². The molecule has 0 aliphatic carbocycles. The second-order valence-corrected chi connectivity index (χ2v) is 7.56. The van der Waals surface area contributed by atoms with E-state index in [0.717, 1.165) is 42.0 Å². The minimum atomic E-state index is -0.0993. The molecule has 2 heterocycles. The number of nitrogens with one attached hydrogen (secondary N) is 2. The first-order chi connectivity index (χ1) is 13.6. The van der Waals surface area contributed by atoms with E-state index in [1.807, 2.05) is 24.3 Å². The number of benzene rings is 2. The number of ether oxygens (including phenoxy) is 1. The van der Waals surface area contributed by atoms with Crippen LogP contribution in [0, 0.1) is 0 Å². The van der Waals surface area contributed by atoms with Crippen molar-refractivity contribution in [2.75, 3.05) is 13.2 Å². The molecule has 0 spiro atoms. The normalized spacial score (nSPS) is 16.3. The highest BCUT2D eigenvalue weighted by Gasteiger charge is 2.17. The zero-order valence-electron chi connectivity index (χ0n) is 15.0. The number of hydrogen-bond donors (Lipinski definition) is 2. The van der Waals surface area contributed by atoms with Crippen molar-refractivity contribution in [2.45, 2.75) is 18.9 Å². The maximum absolute atomic E-state index is 12.3. The van der Waals surface area contributed by atoms with Crippen LogP contribution in [0.5, 0.6) is 0 Å². The molecule has 3 aromatic rings. The van der Waals surface area contributed by atoms with Crippen molar-refractivity contribution in [1.82, 2.24) is 15.5 Å². The fraction of sp³-hybridized carbons (Fsp3) is 0.238. The van der Waals surface area contributed by atoms with Gasteiger partial charge in [0.05, 0.1) is 22.5 Å². The van der Waals surface area contributed by atoms with E-state index >= 15 is 0 Å². The van der Waals surface area contributed by atoms with Gasteiger partial charge in [-0.3, -0.25) is 9.89 Å². The second kappa shape index (κ2) is 8.35. The van der Waals surface area contributed by atoms with Gasteiger partial charge in [-0.25, -0.2) is 0 Å². The molecule has 1 saturated heterocycles. The highest BCUT2D eigenvalue weighted by molar-refractivity contribution is 6.36. The summed E-state index contributed by atoms with van der Waals surface area (Å²) >= 11 is 12.2. The fourth-order valence-corrected chi connectivity index (χ4v) is 3.73. The molecular formula is C21H19Cl2N3O2. The lowest BCUT2D eigenvalue weighted by Gasteiger charge is -2.10. The van der Waals surface area contributed by atoms with Gasteiger partial charge >= 0.3 is 0 Å². The molecule has 2 N–H and O–H groups in total. The molecule has 28 heavy (non-hydrogen) atoms. The summed E-state index contributed by atoms with van der Waals surface area (Å²) in [5, 5.41) is 11.4. The number of halogens is 2. The lowest BCUT2D eigenvalue weighted by Crippen LogP contribution is -2.31. The van der Waals surface area contributed by atoms with Crippen molar-refractivity contribution in [3.63, 3.8) is 0 Å². The summed E-state index contributed by atoms with van der Waals surface area (Å²) in [5.41, 5.74) is 3.92. The summed E-state index contributed by atoms with van der Waals surface area (Å²) in [4.78, 5) is 12.3. The van der Waals surface area contributed by atoms with Crippen molar-refractivity contribution in [1.29, 1.82) is 0 Å². The Balaban J connectivity index is 1.45. The summed E-state index contributed by atoms with van der Waals surface area (Å²) in [5.74, 6) is -0.0993. The highest BCUT2D eigenvalue weighted by atomic mass is 35.5. The molecule has 144 valence electrons. The van der Waals surface area contributed by atoms with Gasteiger partial charge in [-0.05, 0) is 49.2 Å². The first-order valence-electron chi connectivity index (χ1n) is 9.11. The van der Waals surface area contributed by atoms with Crippen molar-refractivity contribution >= 4 is 29.1 Å². The molecule has 1 fully saturated rings. The van der Waals surface area contributed by atoms with Gasteiger partial charge < -0.3 is 10.1 Å². The number of aromatic amines is 1. The van der Waals surface area contributed by atoms with Crippen LogP contribution in [0.4, 0.5) is 0 Å². The quantitative estimate of drug-likeness (QED) is 0.618. The standard InChI is InChI=1S/C21H19Cl2N3O2/c22-15-7-8-17(18(23)10-15)20-11-19(25-26-20)13-3-5-14(6-4-13)21(27)24-12-16-2-1-9-28-16/h3-8,10-11,16H,1-2,9,12H2,(H,24,27)(H,25,26). The van der Waals surface area contributed by atoms with Crippen molar-refractivity contribution in [3.8, 4) is 22.5 Å². The molecule has 1 aliphatic heterocycles. The number of H-pyrrole nitrogens is 1. The molecule has 0 bridgehead atoms. The Morgan fingerprint density at radius 2 is 2.00 bits per heavy atom. The Bertz CT molecular complexity index is 980. The van der Waals surface area contributed by atoms with Gasteiger partial charge in [0.25, 0.3) is 5.91 Å². The molecule has 2 aromatic carbocycles. The summed E-state index contributed by atoms with van der Waals surface area (Å²) in [7, 11) is 0. The number of aromatic nitrogens is 2. The first-order valence-corrected chi connectivity index (χ1v) is 9.87. The van der Waals surface area contributed by atoms with Crippen molar-refractivity contribution in [3.05, 3.63) is 64.1 Å². The van der Waals surface area contributed by atoms with E-state index in [9.17, 15) is 4.79 Å². The summed E-state index contributed by atoms with van der Waals surface area (Å²) in [6, 6.07) is 14.6. The van der Waals surface area contributed by atoms with E-state index in [0.29, 0.717) is 22.2 Å². The monoisotopic (exact) mass is 415 g/mol. The molecule has 0 saturated carbocycles. The van der Waals surface area contributed by atoms with Crippen LogP contribution in [0.1, 0.15) is 23.2 Å². The summed E-state index contributed by atoms with van der Waals surface area (Å²) in [6.45, 7) is 1.33. The molecule has 1 aromatic heterocycles. The summed E-state index contributed by atoms with van der Waals surface area (Å²) < 4.78 is 5.53. The van der Waals surface area contributed by atoms with Crippen LogP contribution in [0.25, 0.3) is 22.5 Å². The Hall–Kier alpha value is -2.34. The zero-order valence-corrected chi connectivity index (χ0v) is 16.6. The van der Waals surface area contributed by atoms with E-state index in [2.05, 4.69) is 15.5 Å². The molecular weight excluding hydrogens is 397 g/mol. The van der Waals surface area contributed by atoms with Gasteiger partial charge in [-0.1, -0.05) is 35.3 Å². The van der Waals surface area contributed by atoms with E-state index in [1.165, 1.54) is 0 Å². The van der Waals surface area contributed by atoms with E-state index < -0.39 is 0 Å².